The molecule has 1 aromatic rings. The fourth-order valence-electron chi connectivity index (χ4n) is 2.04. The maximum absolute atomic E-state index is 12.3. The zero-order valence-electron chi connectivity index (χ0n) is 12.1. The van der Waals surface area contributed by atoms with Crippen molar-refractivity contribution in [3.8, 4) is 0 Å². The van der Waals surface area contributed by atoms with Crippen molar-refractivity contribution in [2.24, 2.45) is 11.7 Å². The molecule has 1 aromatic carbocycles. The van der Waals surface area contributed by atoms with E-state index in [9.17, 15) is 9.59 Å². The molecule has 0 heterocycles. The number of hydrogen-bond acceptors (Lipinski definition) is 3. The summed E-state index contributed by atoms with van der Waals surface area (Å²) in [6.07, 6.45) is 1.83. The van der Waals surface area contributed by atoms with Gasteiger partial charge in [-0.25, -0.2) is 0 Å². The number of carbonyl (C=O) groups is 2. The fraction of sp³-hybridized carbons (Fsp3) is 0.467. The van der Waals surface area contributed by atoms with Crippen molar-refractivity contribution in [3.63, 3.8) is 0 Å². The van der Waals surface area contributed by atoms with Gasteiger partial charge in [-0.2, -0.15) is 0 Å². The molecule has 0 aliphatic heterocycles. The molecule has 6 heteroatoms. The quantitative estimate of drug-likeness (QED) is 0.772. The van der Waals surface area contributed by atoms with Crippen molar-refractivity contribution in [1.82, 2.24) is 0 Å². The van der Waals surface area contributed by atoms with Crippen LogP contribution in [0.3, 0.4) is 0 Å². The highest BCUT2D eigenvalue weighted by atomic mass is 35.5. The predicted octanol–water partition coefficient (Wildman–Crippen LogP) is 2.52. The van der Waals surface area contributed by atoms with E-state index in [4.69, 9.17) is 22.4 Å². The number of carboxylic acids is 1. The minimum Gasteiger partial charge on any atom is -0.480 e. The van der Waals surface area contributed by atoms with E-state index in [1.807, 2.05) is 6.92 Å². The third-order valence-electron chi connectivity index (χ3n) is 3.22. The summed E-state index contributed by atoms with van der Waals surface area (Å²) in [7, 11) is 0. The lowest BCUT2D eigenvalue weighted by atomic mass is 10.0. The summed E-state index contributed by atoms with van der Waals surface area (Å²) in [5.74, 6) is -0.938. The number of carbonyl (C=O) groups excluding carboxylic acids is 1. The molecule has 0 spiro atoms. The van der Waals surface area contributed by atoms with Crippen LogP contribution >= 0.6 is 11.6 Å². The van der Waals surface area contributed by atoms with Crippen LogP contribution in [0.15, 0.2) is 24.3 Å². The molecule has 0 bridgehead atoms. The Kier molecular flexibility index (Phi) is 7.19. The Hall–Kier alpha value is -1.59. The maximum Gasteiger partial charge on any atom is 0.323 e. The van der Waals surface area contributed by atoms with Crippen LogP contribution in [0.1, 0.15) is 26.2 Å². The normalized spacial score (nSPS) is 12.0. The van der Waals surface area contributed by atoms with Crippen LogP contribution in [-0.2, 0) is 9.59 Å². The van der Waals surface area contributed by atoms with Gasteiger partial charge < -0.3 is 15.7 Å². The smallest absolute Gasteiger partial charge is 0.323 e. The molecule has 1 atom stereocenters. The Bertz CT molecular complexity index is 494. The lowest BCUT2D eigenvalue weighted by Crippen LogP contribution is -2.35. The van der Waals surface area contributed by atoms with Gasteiger partial charge in [-0.05, 0) is 43.5 Å². The van der Waals surface area contributed by atoms with Gasteiger partial charge in [0.25, 0.3) is 0 Å². The number of amides is 1. The van der Waals surface area contributed by atoms with Crippen LogP contribution in [0, 0.1) is 5.92 Å². The van der Waals surface area contributed by atoms with E-state index < -0.39 is 5.97 Å². The first-order valence-corrected chi connectivity index (χ1v) is 7.29. The van der Waals surface area contributed by atoms with Crippen LogP contribution in [-0.4, -0.2) is 30.1 Å². The molecule has 0 radical (unpaired) electrons. The Morgan fingerprint density at radius 3 is 2.67 bits per heavy atom. The number of hydrogen-bond donors (Lipinski definition) is 2. The third kappa shape index (κ3) is 6.14. The van der Waals surface area contributed by atoms with Crippen molar-refractivity contribution in [3.05, 3.63) is 29.3 Å². The number of carboxylic acid groups (broad SMARTS) is 1. The van der Waals surface area contributed by atoms with Gasteiger partial charge in [0.05, 0.1) is 0 Å². The number of halogens is 1. The molecule has 0 saturated heterocycles. The summed E-state index contributed by atoms with van der Waals surface area (Å²) < 4.78 is 0. The van der Waals surface area contributed by atoms with E-state index in [-0.39, 0.29) is 12.5 Å². The minimum atomic E-state index is -1.06. The topological polar surface area (TPSA) is 83.6 Å². The molecule has 0 fully saturated rings. The van der Waals surface area contributed by atoms with Crippen molar-refractivity contribution >= 4 is 29.2 Å². The molecule has 0 aliphatic carbocycles. The van der Waals surface area contributed by atoms with Crippen molar-refractivity contribution < 1.29 is 14.7 Å². The standard InChI is InChI=1S/C15H21ClN2O3/c1-11(7-8-17)5-6-14(19)18(10-15(20)21)13-4-2-3-12(16)9-13/h2-4,9,11H,5-8,10,17H2,1H3,(H,20,21). The van der Waals surface area contributed by atoms with E-state index in [2.05, 4.69) is 0 Å². The van der Waals surface area contributed by atoms with Crippen molar-refractivity contribution in [2.45, 2.75) is 26.2 Å². The van der Waals surface area contributed by atoms with Crippen LogP contribution in [0.2, 0.25) is 5.02 Å². The molecule has 1 unspecified atom stereocenters. The fourth-order valence-corrected chi connectivity index (χ4v) is 2.22. The molecule has 0 saturated carbocycles. The zero-order chi connectivity index (χ0) is 15.8. The number of nitrogens with zero attached hydrogens (tertiary/aromatic N) is 1. The molecular formula is C15H21ClN2O3. The summed E-state index contributed by atoms with van der Waals surface area (Å²) in [6.45, 7) is 2.24. The second kappa shape index (κ2) is 8.64. The van der Waals surface area contributed by atoms with E-state index in [0.29, 0.717) is 36.0 Å². The van der Waals surface area contributed by atoms with Gasteiger partial charge in [0.15, 0.2) is 0 Å². The Morgan fingerprint density at radius 1 is 1.38 bits per heavy atom. The first-order chi connectivity index (χ1) is 9.93. The molecule has 1 amide bonds. The molecule has 116 valence electrons. The number of rotatable bonds is 8. The SMILES string of the molecule is CC(CCN)CCC(=O)N(CC(=O)O)c1cccc(Cl)c1. The van der Waals surface area contributed by atoms with E-state index in [1.165, 1.54) is 4.90 Å². The van der Waals surface area contributed by atoms with Crippen molar-refractivity contribution in [2.75, 3.05) is 18.0 Å². The van der Waals surface area contributed by atoms with Crippen LogP contribution in [0.25, 0.3) is 0 Å². The highest BCUT2D eigenvalue weighted by Crippen LogP contribution is 2.21. The Balaban J connectivity index is 2.77. The second-order valence-corrected chi connectivity index (χ2v) is 5.51. The van der Waals surface area contributed by atoms with Gasteiger partial charge in [-0.1, -0.05) is 24.6 Å². The Morgan fingerprint density at radius 2 is 2.10 bits per heavy atom. The molecule has 0 aliphatic rings. The maximum atomic E-state index is 12.3. The highest BCUT2D eigenvalue weighted by molar-refractivity contribution is 6.30. The third-order valence-corrected chi connectivity index (χ3v) is 3.46. The first-order valence-electron chi connectivity index (χ1n) is 6.91. The monoisotopic (exact) mass is 312 g/mol. The predicted molar refractivity (Wildman–Crippen MR) is 83.5 cm³/mol. The van der Waals surface area contributed by atoms with Gasteiger partial charge in [-0.3, -0.25) is 9.59 Å². The molecule has 1 rings (SSSR count). The average Bonchev–Trinajstić information content (AvgIpc) is 2.42. The summed E-state index contributed by atoms with van der Waals surface area (Å²) in [4.78, 5) is 24.5. The number of benzene rings is 1. The van der Waals surface area contributed by atoms with E-state index in [0.717, 1.165) is 6.42 Å². The number of nitrogens with two attached hydrogens (primary N) is 1. The van der Waals surface area contributed by atoms with Crippen LogP contribution < -0.4 is 10.6 Å². The molecule has 5 nitrogen and oxygen atoms in total. The van der Waals surface area contributed by atoms with Gasteiger partial charge >= 0.3 is 5.97 Å². The van der Waals surface area contributed by atoms with Gasteiger partial charge in [0, 0.05) is 17.1 Å². The van der Waals surface area contributed by atoms with Crippen molar-refractivity contribution in [1.29, 1.82) is 0 Å². The first kappa shape index (κ1) is 17.5. The summed E-state index contributed by atoms with van der Waals surface area (Å²) in [5.41, 5.74) is 5.98. The zero-order valence-corrected chi connectivity index (χ0v) is 12.8. The molecule has 21 heavy (non-hydrogen) atoms. The summed E-state index contributed by atoms with van der Waals surface area (Å²) in [6, 6.07) is 6.64. The minimum absolute atomic E-state index is 0.219. The second-order valence-electron chi connectivity index (χ2n) is 5.07. The lowest BCUT2D eigenvalue weighted by Gasteiger charge is -2.22. The number of anilines is 1. The van der Waals surface area contributed by atoms with Crippen LogP contribution in [0.4, 0.5) is 5.69 Å². The number of aliphatic carboxylic acids is 1. The average molecular weight is 313 g/mol. The molecular weight excluding hydrogens is 292 g/mol. The van der Waals surface area contributed by atoms with E-state index >= 15 is 0 Å². The summed E-state index contributed by atoms with van der Waals surface area (Å²) in [5, 5.41) is 9.45. The summed E-state index contributed by atoms with van der Waals surface area (Å²) >= 11 is 5.90. The Labute approximate surface area is 129 Å². The molecule has 3 N–H and O–H groups in total. The lowest BCUT2D eigenvalue weighted by molar-refractivity contribution is -0.136. The van der Waals surface area contributed by atoms with Gasteiger partial charge in [0.2, 0.25) is 5.91 Å². The largest absolute Gasteiger partial charge is 0.480 e. The van der Waals surface area contributed by atoms with Gasteiger partial charge in [0.1, 0.15) is 6.54 Å². The highest BCUT2D eigenvalue weighted by Gasteiger charge is 2.19. The van der Waals surface area contributed by atoms with E-state index in [1.54, 1.807) is 24.3 Å². The van der Waals surface area contributed by atoms with Gasteiger partial charge in [-0.15, -0.1) is 0 Å². The molecule has 0 aromatic heterocycles. The van der Waals surface area contributed by atoms with Crippen LogP contribution in [0.5, 0.6) is 0 Å².